The monoisotopic (exact) mass is 465 g/mol. The zero-order chi connectivity index (χ0) is 23.3. The third-order valence-corrected chi connectivity index (χ3v) is 6.64. The second-order valence-electron chi connectivity index (χ2n) is 7.91. The van der Waals surface area contributed by atoms with E-state index in [0.29, 0.717) is 22.7 Å². The average molecular weight is 466 g/mol. The molecule has 2 saturated heterocycles. The first-order chi connectivity index (χ1) is 16.0. The summed E-state index contributed by atoms with van der Waals surface area (Å²) < 4.78 is 10.6. The fourth-order valence-electron chi connectivity index (χ4n) is 4.87. The molecule has 3 aliphatic rings. The van der Waals surface area contributed by atoms with Crippen LogP contribution >= 0.6 is 11.6 Å². The second kappa shape index (κ2) is 8.04. The highest BCUT2D eigenvalue weighted by molar-refractivity contribution is 6.36. The summed E-state index contributed by atoms with van der Waals surface area (Å²) in [5.41, 5.74) is 0.647. The van der Waals surface area contributed by atoms with Gasteiger partial charge in [-0.2, -0.15) is 5.10 Å². The molecular formula is C24H20ClN3O5. The third kappa shape index (κ3) is 3.13. The molecule has 0 N–H and O–H groups in total. The van der Waals surface area contributed by atoms with E-state index in [1.807, 2.05) is 0 Å². The molecule has 0 unspecified atom stereocenters. The molecule has 168 valence electrons. The lowest BCUT2D eigenvalue weighted by Crippen LogP contribution is -2.46. The van der Waals surface area contributed by atoms with Crippen LogP contribution in [-0.2, 0) is 9.59 Å². The molecule has 0 radical (unpaired) electrons. The SMILES string of the molecule is COc1ccc(C(=O)[C@@H]2[C@@H]3C(=O)N(c4ccccc4Cl)C(=O)[C@@H]3[C@@H]3C=CC=NN23)cc1OC. The fraction of sp³-hybridized carbons (Fsp3) is 0.250. The van der Waals surface area contributed by atoms with E-state index in [4.69, 9.17) is 21.1 Å². The van der Waals surface area contributed by atoms with Crippen molar-refractivity contribution in [2.75, 3.05) is 19.1 Å². The smallest absolute Gasteiger partial charge is 0.240 e. The molecule has 0 bridgehead atoms. The minimum absolute atomic E-state index is 0.288. The number of hydrogen-bond donors (Lipinski definition) is 0. The van der Waals surface area contributed by atoms with Gasteiger partial charge in [0, 0.05) is 11.8 Å². The third-order valence-electron chi connectivity index (χ3n) is 6.32. The minimum atomic E-state index is -0.955. The number of amides is 2. The number of fused-ring (bicyclic) bond motifs is 3. The number of rotatable bonds is 5. The van der Waals surface area contributed by atoms with Crippen LogP contribution in [0, 0.1) is 11.8 Å². The quantitative estimate of drug-likeness (QED) is 0.498. The molecule has 4 atom stereocenters. The summed E-state index contributed by atoms with van der Waals surface area (Å²) in [5, 5.41) is 6.21. The van der Waals surface area contributed by atoms with E-state index >= 15 is 0 Å². The van der Waals surface area contributed by atoms with Crippen molar-refractivity contribution < 1.29 is 23.9 Å². The van der Waals surface area contributed by atoms with E-state index in [0.717, 1.165) is 4.90 Å². The molecular weight excluding hydrogens is 446 g/mol. The highest BCUT2D eigenvalue weighted by atomic mass is 35.5. The van der Waals surface area contributed by atoms with Gasteiger partial charge >= 0.3 is 0 Å². The van der Waals surface area contributed by atoms with E-state index in [1.165, 1.54) is 14.2 Å². The Bertz CT molecular complexity index is 1230. The number of benzene rings is 2. The molecule has 3 heterocycles. The molecule has 0 aromatic heterocycles. The summed E-state index contributed by atoms with van der Waals surface area (Å²) in [5.74, 6) is -1.97. The van der Waals surface area contributed by atoms with Gasteiger partial charge in [-0.3, -0.25) is 19.4 Å². The molecule has 9 heteroatoms. The standard InChI is InChI=1S/C24H20ClN3O5/c1-32-17-10-9-13(12-18(17)33-2)22(29)21-20-19(16-8-5-11-26-28(16)21)23(30)27(24(20)31)15-7-4-3-6-14(15)25/h3-12,16,19-21H,1-2H3/t16-,19+,20+,21-/m0/s1. The summed E-state index contributed by atoms with van der Waals surface area (Å²) in [7, 11) is 2.99. The Kier molecular flexibility index (Phi) is 5.17. The Balaban J connectivity index is 1.58. The number of para-hydroxylation sites is 1. The van der Waals surface area contributed by atoms with Crippen molar-refractivity contribution in [3.63, 3.8) is 0 Å². The van der Waals surface area contributed by atoms with Gasteiger partial charge in [0.25, 0.3) is 0 Å². The predicted octanol–water partition coefficient (Wildman–Crippen LogP) is 2.95. The molecule has 0 saturated carbocycles. The Morgan fingerprint density at radius 1 is 1.00 bits per heavy atom. The number of nitrogens with zero attached hydrogens (tertiary/aromatic N) is 3. The normalized spacial score (nSPS) is 25.3. The van der Waals surface area contributed by atoms with Crippen LogP contribution < -0.4 is 14.4 Å². The number of hydrogen-bond acceptors (Lipinski definition) is 7. The van der Waals surface area contributed by atoms with Crippen LogP contribution in [0.3, 0.4) is 0 Å². The lowest BCUT2D eigenvalue weighted by molar-refractivity contribution is -0.123. The number of ketones is 1. The number of halogens is 1. The van der Waals surface area contributed by atoms with Crippen molar-refractivity contribution in [3.05, 3.63) is 65.2 Å². The van der Waals surface area contributed by atoms with Gasteiger partial charge in [-0.25, -0.2) is 4.90 Å². The predicted molar refractivity (Wildman–Crippen MR) is 122 cm³/mol. The maximum atomic E-state index is 13.7. The highest BCUT2D eigenvalue weighted by Gasteiger charge is 2.64. The van der Waals surface area contributed by atoms with Crippen LogP contribution in [0.2, 0.25) is 5.02 Å². The zero-order valence-electron chi connectivity index (χ0n) is 17.8. The largest absolute Gasteiger partial charge is 0.493 e. The van der Waals surface area contributed by atoms with Gasteiger partial charge in [0.2, 0.25) is 11.8 Å². The maximum Gasteiger partial charge on any atom is 0.240 e. The number of methoxy groups -OCH3 is 2. The highest BCUT2D eigenvalue weighted by Crippen LogP contribution is 2.47. The molecule has 2 aromatic carbocycles. The summed E-state index contributed by atoms with van der Waals surface area (Å²) >= 11 is 6.30. The minimum Gasteiger partial charge on any atom is -0.493 e. The number of allylic oxidation sites excluding steroid dienone is 1. The fourth-order valence-corrected chi connectivity index (χ4v) is 5.09. The first-order valence-electron chi connectivity index (χ1n) is 10.4. The summed E-state index contributed by atoms with van der Waals surface area (Å²) in [6.07, 6.45) is 5.07. The number of hydrazone groups is 1. The Morgan fingerprint density at radius 3 is 2.45 bits per heavy atom. The van der Waals surface area contributed by atoms with Gasteiger partial charge in [-0.05, 0) is 36.4 Å². The molecule has 2 aromatic rings. The summed E-state index contributed by atoms with van der Waals surface area (Å²) in [6, 6.07) is 10.0. The van der Waals surface area contributed by atoms with E-state index in [1.54, 1.807) is 65.8 Å². The number of imide groups is 1. The van der Waals surface area contributed by atoms with Crippen LogP contribution in [0.1, 0.15) is 10.4 Å². The van der Waals surface area contributed by atoms with Crippen LogP contribution in [-0.4, -0.2) is 55.1 Å². The van der Waals surface area contributed by atoms with E-state index in [-0.39, 0.29) is 10.8 Å². The van der Waals surface area contributed by atoms with Crippen LogP contribution in [0.4, 0.5) is 5.69 Å². The number of anilines is 1. The van der Waals surface area contributed by atoms with E-state index in [9.17, 15) is 14.4 Å². The van der Waals surface area contributed by atoms with Gasteiger partial charge in [0.05, 0.1) is 42.8 Å². The average Bonchev–Trinajstić information content (AvgIpc) is 3.31. The van der Waals surface area contributed by atoms with Gasteiger partial charge in [0.15, 0.2) is 17.3 Å². The number of carbonyl (C=O) groups excluding carboxylic acids is 3. The maximum absolute atomic E-state index is 13.7. The number of ether oxygens (including phenoxy) is 2. The van der Waals surface area contributed by atoms with Crippen molar-refractivity contribution in [3.8, 4) is 11.5 Å². The van der Waals surface area contributed by atoms with Gasteiger partial charge in [-0.15, -0.1) is 0 Å². The molecule has 33 heavy (non-hydrogen) atoms. The van der Waals surface area contributed by atoms with Crippen LogP contribution in [0.5, 0.6) is 11.5 Å². The van der Waals surface area contributed by atoms with Crippen molar-refractivity contribution in [1.29, 1.82) is 0 Å². The number of Topliss-reactive ketones (excluding diaryl/α,β-unsaturated/α-hetero) is 1. The summed E-state index contributed by atoms with van der Waals surface area (Å²) in [6.45, 7) is 0. The Hall–Kier alpha value is -3.65. The number of carbonyl (C=O) groups is 3. The van der Waals surface area contributed by atoms with E-state index < -0.39 is 35.7 Å². The molecule has 8 nitrogen and oxygen atoms in total. The lowest BCUT2D eigenvalue weighted by Gasteiger charge is -2.30. The van der Waals surface area contributed by atoms with Crippen molar-refractivity contribution in [2.45, 2.75) is 12.1 Å². The first-order valence-corrected chi connectivity index (χ1v) is 10.7. The van der Waals surface area contributed by atoms with Crippen molar-refractivity contribution >= 4 is 41.1 Å². The van der Waals surface area contributed by atoms with Crippen molar-refractivity contribution in [2.24, 2.45) is 16.9 Å². The molecule has 2 fully saturated rings. The first kappa shape index (κ1) is 21.2. The van der Waals surface area contributed by atoms with Gasteiger partial charge < -0.3 is 9.47 Å². The molecule has 3 aliphatic heterocycles. The molecule has 5 rings (SSSR count). The van der Waals surface area contributed by atoms with Gasteiger partial charge in [-0.1, -0.05) is 29.8 Å². The lowest BCUT2D eigenvalue weighted by atomic mass is 9.86. The van der Waals surface area contributed by atoms with Crippen LogP contribution in [0.15, 0.2) is 59.7 Å². The van der Waals surface area contributed by atoms with Crippen molar-refractivity contribution in [1.82, 2.24) is 5.01 Å². The summed E-state index contributed by atoms with van der Waals surface area (Å²) in [4.78, 5) is 41.9. The molecule has 2 amide bonds. The molecule has 0 spiro atoms. The Labute approximate surface area is 195 Å². The van der Waals surface area contributed by atoms with Crippen LogP contribution in [0.25, 0.3) is 0 Å². The Morgan fingerprint density at radius 2 is 1.73 bits per heavy atom. The second-order valence-corrected chi connectivity index (χ2v) is 8.32. The topological polar surface area (TPSA) is 88.5 Å². The van der Waals surface area contributed by atoms with E-state index in [2.05, 4.69) is 5.10 Å². The van der Waals surface area contributed by atoms with Gasteiger partial charge in [0.1, 0.15) is 6.04 Å². The zero-order valence-corrected chi connectivity index (χ0v) is 18.6. The molecule has 0 aliphatic carbocycles.